The molecular weight excluding hydrogens is 461 g/mol. The van der Waals surface area contributed by atoms with Crippen LogP contribution in [-0.4, -0.2) is 43.3 Å². The molecule has 0 spiro atoms. The van der Waals surface area contributed by atoms with E-state index in [0.29, 0.717) is 12.5 Å². The summed E-state index contributed by atoms with van der Waals surface area (Å²) in [5, 5.41) is 5.24. The van der Waals surface area contributed by atoms with Crippen molar-refractivity contribution in [1.29, 1.82) is 0 Å². The maximum atomic E-state index is 5.92. The summed E-state index contributed by atoms with van der Waals surface area (Å²) in [7, 11) is 0. The van der Waals surface area contributed by atoms with E-state index in [1.165, 1.54) is 4.88 Å². The molecule has 0 aliphatic carbocycles. The van der Waals surface area contributed by atoms with Crippen molar-refractivity contribution < 1.29 is 4.74 Å². The lowest BCUT2D eigenvalue weighted by atomic mass is 10.2. The van der Waals surface area contributed by atoms with Crippen LogP contribution in [0.4, 0.5) is 5.82 Å². The maximum Gasteiger partial charge on any atom is 0.188 e. The van der Waals surface area contributed by atoms with Crippen LogP contribution in [0.3, 0.4) is 0 Å². The van der Waals surface area contributed by atoms with Gasteiger partial charge in [0.05, 0.1) is 19.3 Å². The number of nitrogens with one attached hydrogen (secondary N) is 1. The first-order valence-electron chi connectivity index (χ1n) is 8.58. The minimum Gasteiger partial charge on any atom is -0.375 e. The lowest BCUT2D eigenvalue weighted by Crippen LogP contribution is -2.41. The van der Waals surface area contributed by atoms with Gasteiger partial charge in [-0.1, -0.05) is 12.1 Å². The summed E-state index contributed by atoms with van der Waals surface area (Å²) in [4.78, 5) is 12.5. The fourth-order valence-electron chi connectivity index (χ4n) is 2.72. The Bertz CT molecular complexity index is 677. The Labute approximate surface area is 175 Å². The monoisotopic (exact) mass is 487 g/mol. The number of hydrogen-bond acceptors (Lipinski definition) is 5. The molecule has 1 aliphatic rings. The molecule has 6 nitrogen and oxygen atoms in total. The van der Waals surface area contributed by atoms with Crippen LogP contribution >= 0.6 is 35.3 Å². The Hall–Kier alpha value is -1.39. The van der Waals surface area contributed by atoms with E-state index in [4.69, 9.17) is 10.5 Å². The van der Waals surface area contributed by atoms with Crippen LogP contribution in [0.1, 0.15) is 17.4 Å². The van der Waals surface area contributed by atoms with Crippen LogP contribution in [0.15, 0.2) is 40.8 Å². The smallest absolute Gasteiger partial charge is 0.188 e. The van der Waals surface area contributed by atoms with Crippen LogP contribution in [0.5, 0.6) is 0 Å². The number of thiophene rings is 1. The van der Waals surface area contributed by atoms with Crippen LogP contribution in [-0.2, 0) is 17.7 Å². The first-order valence-corrected chi connectivity index (χ1v) is 9.46. The standard InChI is InChI=1S/C18H25N5OS.HI/c1-14-13-23(8-9-24-14)17-5-4-15(11-21-17)12-22-18(19)20-7-6-16-3-2-10-25-16;/h2-5,10-11,14H,6-9,12-13H2,1H3,(H3,19,20,22);1H. The minimum atomic E-state index is 0. The largest absolute Gasteiger partial charge is 0.375 e. The molecular formula is C18H26IN5OS. The average molecular weight is 487 g/mol. The number of hydrogen-bond donors (Lipinski definition) is 2. The molecule has 1 saturated heterocycles. The van der Waals surface area contributed by atoms with E-state index in [-0.39, 0.29) is 30.1 Å². The zero-order valence-corrected chi connectivity index (χ0v) is 18.1. The highest BCUT2D eigenvalue weighted by molar-refractivity contribution is 14.0. The highest BCUT2D eigenvalue weighted by atomic mass is 127. The summed E-state index contributed by atoms with van der Waals surface area (Å²) in [5.41, 5.74) is 6.97. The van der Waals surface area contributed by atoms with Crippen molar-refractivity contribution in [3.63, 3.8) is 0 Å². The SMILES string of the molecule is CC1CN(c2ccc(CN=C(N)NCCc3cccs3)cn2)CCO1.I. The average Bonchev–Trinajstić information content (AvgIpc) is 3.14. The number of rotatable bonds is 6. The van der Waals surface area contributed by atoms with Gasteiger partial charge in [-0.05, 0) is 36.4 Å². The van der Waals surface area contributed by atoms with Crippen molar-refractivity contribution >= 4 is 47.1 Å². The fraction of sp³-hybridized carbons (Fsp3) is 0.444. The van der Waals surface area contributed by atoms with Gasteiger partial charge in [0.15, 0.2) is 5.96 Å². The zero-order valence-electron chi connectivity index (χ0n) is 14.9. The number of aliphatic imine (C=N–C) groups is 1. The molecule has 2 aromatic heterocycles. The Balaban J connectivity index is 0.00000243. The van der Waals surface area contributed by atoms with Crippen LogP contribution in [0.2, 0.25) is 0 Å². The number of anilines is 1. The van der Waals surface area contributed by atoms with Crippen molar-refractivity contribution in [3.8, 4) is 0 Å². The third-order valence-corrected chi connectivity index (χ3v) is 5.00. The van der Waals surface area contributed by atoms with Crippen molar-refractivity contribution in [1.82, 2.24) is 10.3 Å². The Morgan fingerprint density at radius 3 is 3.04 bits per heavy atom. The molecule has 3 heterocycles. The molecule has 1 unspecified atom stereocenters. The first kappa shape index (κ1) is 20.9. The molecule has 0 radical (unpaired) electrons. The normalized spacial score (nSPS) is 17.7. The summed E-state index contributed by atoms with van der Waals surface area (Å²) in [6.07, 6.45) is 3.08. The van der Waals surface area contributed by atoms with Gasteiger partial charge in [0, 0.05) is 30.7 Å². The molecule has 1 atom stereocenters. The van der Waals surface area contributed by atoms with Gasteiger partial charge in [-0.25, -0.2) is 9.98 Å². The Morgan fingerprint density at radius 2 is 2.35 bits per heavy atom. The lowest BCUT2D eigenvalue weighted by molar-refractivity contribution is 0.0529. The second kappa shape index (κ2) is 10.7. The number of nitrogens with two attached hydrogens (primary N) is 1. The molecule has 0 amide bonds. The molecule has 3 N–H and O–H groups in total. The quantitative estimate of drug-likeness (QED) is 0.372. The van der Waals surface area contributed by atoms with Crippen molar-refractivity contribution in [2.45, 2.75) is 26.0 Å². The van der Waals surface area contributed by atoms with E-state index in [1.54, 1.807) is 11.3 Å². The van der Waals surface area contributed by atoms with Gasteiger partial charge in [-0.2, -0.15) is 0 Å². The van der Waals surface area contributed by atoms with E-state index >= 15 is 0 Å². The van der Waals surface area contributed by atoms with Gasteiger partial charge in [-0.3, -0.25) is 0 Å². The third kappa shape index (κ3) is 6.40. The van der Waals surface area contributed by atoms with Gasteiger partial charge in [0.1, 0.15) is 5.82 Å². The molecule has 1 aliphatic heterocycles. The molecule has 2 aromatic rings. The number of aromatic nitrogens is 1. The van der Waals surface area contributed by atoms with Crippen molar-refractivity contribution in [3.05, 3.63) is 46.3 Å². The molecule has 3 rings (SSSR count). The number of halogens is 1. The lowest BCUT2D eigenvalue weighted by Gasteiger charge is -2.32. The van der Waals surface area contributed by atoms with Gasteiger partial charge in [0.25, 0.3) is 0 Å². The van der Waals surface area contributed by atoms with E-state index in [9.17, 15) is 0 Å². The van der Waals surface area contributed by atoms with E-state index in [0.717, 1.165) is 44.0 Å². The first-order chi connectivity index (χ1) is 12.2. The molecule has 0 bridgehead atoms. The molecule has 1 fully saturated rings. The van der Waals surface area contributed by atoms with Crippen molar-refractivity contribution in [2.24, 2.45) is 10.7 Å². The highest BCUT2D eigenvalue weighted by Crippen LogP contribution is 2.15. The summed E-state index contributed by atoms with van der Waals surface area (Å²) in [6.45, 7) is 5.93. The summed E-state index contributed by atoms with van der Waals surface area (Å²) >= 11 is 1.76. The van der Waals surface area contributed by atoms with Crippen LogP contribution in [0.25, 0.3) is 0 Å². The molecule has 142 valence electrons. The highest BCUT2D eigenvalue weighted by Gasteiger charge is 2.17. The van der Waals surface area contributed by atoms with Crippen LogP contribution in [0, 0.1) is 0 Å². The van der Waals surface area contributed by atoms with E-state index in [2.05, 4.69) is 50.7 Å². The number of pyridine rings is 1. The number of morpholine rings is 1. The molecule has 0 saturated carbocycles. The van der Waals surface area contributed by atoms with Gasteiger partial charge in [-0.15, -0.1) is 35.3 Å². The summed E-state index contributed by atoms with van der Waals surface area (Å²) in [6, 6.07) is 8.29. The third-order valence-electron chi connectivity index (χ3n) is 4.06. The molecule has 26 heavy (non-hydrogen) atoms. The van der Waals surface area contributed by atoms with E-state index < -0.39 is 0 Å². The van der Waals surface area contributed by atoms with Gasteiger partial charge >= 0.3 is 0 Å². The Kier molecular flexibility index (Phi) is 8.60. The fourth-order valence-corrected chi connectivity index (χ4v) is 3.43. The number of nitrogens with zero attached hydrogens (tertiary/aromatic N) is 3. The predicted molar refractivity (Wildman–Crippen MR) is 119 cm³/mol. The van der Waals surface area contributed by atoms with Gasteiger partial charge in [0.2, 0.25) is 0 Å². The van der Waals surface area contributed by atoms with Gasteiger partial charge < -0.3 is 20.7 Å². The zero-order chi connectivity index (χ0) is 17.5. The second-order valence-corrected chi connectivity index (χ2v) is 7.14. The minimum absolute atomic E-state index is 0. The molecule has 8 heteroatoms. The van der Waals surface area contributed by atoms with Crippen LogP contribution < -0.4 is 16.0 Å². The maximum absolute atomic E-state index is 5.92. The second-order valence-electron chi connectivity index (χ2n) is 6.11. The number of guanidine groups is 1. The summed E-state index contributed by atoms with van der Waals surface area (Å²) in [5.74, 6) is 1.47. The predicted octanol–water partition coefficient (Wildman–Crippen LogP) is 2.63. The molecule has 0 aromatic carbocycles. The Morgan fingerprint density at radius 1 is 1.46 bits per heavy atom. The van der Waals surface area contributed by atoms with E-state index in [1.807, 2.05) is 12.3 Å². The van der Waals surface area contributed by atoms with Crippen molar-refractivity contribution in [2.75, 3.05) is 31.1 Å². The number of ether oxygens (including phenoxy) is 1. The topological polar surface area (TPSA) is 75.8 Å². The summed E-state index contributed by atoms with van der Waals surface area (Å²) < 4.78 is 5.57.